The van der Waals surface area contributed by atoms with Crippen LogP contribution in [-0.2, 0) is 28.8 Å². The Kier molecular flexibility index (Phi) is 12.2. The molecular weight excluding hydrogens is 624 g/mol. The normalized spacial score (nSPS) is 13.6. The second-order valence-corrected chi connectivity index (χ2v) is 10.8. The molecule has 6 N–H and O–H groups in total. The van der Waals surface area contributed by atoms with Crippen LogP contribution >= 0.6 is 0 Å². The Bertz CT molecular complexity index is 1660. The van der Waals surface area contributed by atoms with Crippen molar-refractivity contribution in [3.63, 3.8) is 0 Å². The molecular formula is C33H32N6O9. The monoisotopic (exact) mass is 656 g/mol. The quantitative estimate of drug-likeness (QED) is 0.117. The van der Waals surface area contributed by atoms with Gasteiger partial charge < -0.3 is 31.3 Å². The third-order valence-electron chi connectivity index (χ3n) is 7.81. The largest absolute Gasteiger partial charge is 0.382 e. The van der Waals surface area contributed by atoms with E-state index in [1.807, 2.05) is 0 Å². The molecule has 3 rings (SSSR count). The highest BCUT2D eigenvalue weighted by Gasteiger charge is 2.57. The third-order valence-corrected chi connectivity index (χ3v) is 7.81. The first-order valence-corrected chi connectivity index (χ1v) is 14.3. The SMILES string of the molecule is CCC(C(O)C(=O)Nc1ccc(C)c(N=C=O)c1)(C(O)C(=O)Nc1ccc(C)c(N=C=O)c1)C(O)C(=O)Nc1ccc(C)c(N=C=O)c1. The molecule has 0 heterocycles. The fourth-order valence-corrected chi connectivity index (χ4v) is 4.96. The van der Waals surface area contributed by atoms with Crippen LogP contribution < -0.4 is 16.0 Å². The van der Waals surface area contributed by atoms with Crippen LogP contribution in [0, 0.1) is 26.2 Å². The van der Waals surface area contributed by atoms with Crippen molar-refractivity contribution in [1.29, 1.82) is 0 Å². The molecule has 0 aliphatic heterocycles. The maximum absolute atomic E-state index is 13.5. The first-order chi connectivity index (χ1) is 22.8. The van der Waals surface area contributed by atoms with Crippen molar-refractivity contribution in [2.24, 2.45) is 20.4 Å². The summed E-state index contributed by atoms with van der Waals surface area (Å²) in [6, 6.07) is 12.8. The van der Waals surface area contributed by atoms with Gasteiger partial charge in [0.05, 0.1) is 22.5 Å². The van der Waals surface area contributed by atoms with Gasteiger partial charge in [-0.05, 0) is 80.3 Å². The van der Waals surface area contributed by atoms with Crippen LogP contribution in [0.15, 0.2) is 69.6 Å². The maximum Gasteiger partial charge on any atom is 0.254 e. The molecule has 248 valence electrons. The number of nitrogens with one attached hydrogen (secondary N) is 3. The predicted molar refractivity (Wildman–Crippen MR) is 174 cm³/mol. The summed E-state index contributed by atoms with van der Waals surface area (Å²) < 4.78 is 0. The first-order valence-electron chi connectivity index (χ1n) is 14.3. The van der Waals surface area contributed by atoms with Crippen molar-refractivity contribution < 1.29 is 44.1 Å². The highest BCUT2D eigenvalue weighted by molar-refractivity contribution is 6.02. The predicted octanol–water partition coefficient (Wildman–Crippen LogP) is 3.21. The van der Waals surface area contributed by atoms with E-state index in [0.29, 0.717) is 16.7 Å². The van der Waals surface area contributed by atoms with Gasteiger partial charge in [-0.15, -0.1) is 0 Å². The molecule has 0 aromatic heterocycles. The second-order valence-electron chi connectivity index (χ2n) is 10.8. The third kappa shape index (κ3) is 8.08. The standard InChI is InChI=1S/C33H32N6O9/c1-5-33(27(43)30(46)37-21-9-6-18(2)24(12-21)34-15-40,28(44)31(47)38-22-10-7-19(3)25(13-22)35-16-41)29(45)32(48)39-23-11-8-20(4)26(14-23)36-17-42/h6-14,27-29,43-45H,5H2,1-4H3,(H,37,46)(H,38,47)(H,39,48). The average molecular weight is 657 g/mol. The minimum Gasteiger partial charge on any atom is -0.382 e. The van der Waals surface area contributed by atoms with Crippen molar-refractivity contribution in [2.75, 3.05) is 16.0 Å². The van der Waals surface area contributed by atoms with Gasteiger partial charge in [0.1, 0.15) is 18.3 Å². The smallest absolute Gasteiger partial charge is 0.254 e. The van der Waals surface area contributed by atoms with Gasteiger partial charge in [-0.3, -0.25) is 14.4 Å². The zero-order valence-electron chi connectivity index (χ0n) is 26.3. The van der Waals surface area contributed by atoms with E-state index in [9.17, 15) is 44.1 Å². The van der Waals surface area contributed by atoms with Crippen molar-refractivity contribution >= 4 is 70.1 Å². The summed E-state index contributed by atoms with van der Waals surface area (Å²) in [5.41, 5.74) is -0.273. The Morgan fingerprint density at radius 3 is 1.10 bits per heavy atom. The second kappa shape index (κ2) is 16.1. The molecule has 0 fully saturated rings. The van der Waals surface area contributed by atoms with Crippen LogP contribution in [-0.4, -0.2) is 69.6 Å². The highest BCUT2D eigenvalue weighted by Crippen LogP contribution is 2.38. The van der Waals surface area contributed by atoms with Crippen molar-refractivity contribution in [1.82, 2.24) is 0 Å². The number of hydrogen-bond acceptors (Lipinski definition) is 12. The van der Waals surface area contributed by atoms with E-state index in [1.165, 1.54) is 79.8 Å². The van der Waals surface area contributed by atoms with E-state index in [2.05, 4.69) is 30.9 Å². The number of aliphatic imine (C=N–C) groups is 3. The van der Waals surface area contributed by atoms with E-state index < -0.39 is 47.9 Å². The zero-order chi connectivity index (χ0) is 35.6. The number of aliphatic hydroxyl groups is 3. The van der Waals surface area contributed by atoms with Gasteiger partial charge in [-0.1, -0.05) is 25.1 Å². The van der Waals surface area contributed by atoms with Crippen molar-refractivity contribution in [3.8, 4) is 0 Å². The Hall–Kier alpha value is -5.91. The molecule has 0 bridgehead atoms. The van der Waals surface area contributed by atoms with Gasteiger partial charge in [0.15, 0.2) is 0 Å². The summed E-state index contributed by atoms with van der Waals surface area (Å²) in [7, 11) is 0. The molecule has 0 saturated carbocycles. The molecule has 3 aromatic carbocycles. The molecule has 0 saturated heterocycles. The number of aryl methyl sites for hydroxylation is 3. The molecule has 0 radical (unpaired) electrons. The van der Waals surface area contributed by atoms with E-state index in [-0.39, 0.29) is 34.1 Å². The molecule has 48 heavy (non-hydrogen) atoms. The van der Waals surface area contributed by atoms with Gasteiger partial charge in [0, 0.05) is 17.1 Å². The van der Waals surface area contributed by atoms with Crippen LogP contribution in [0.2, 0.25) is 0 Å². The fourth-order valence-electron chi connectivity index (χ4n) is 4.96. The Labute approximate surface area is 274 Å². The van der Waals surface area contributed by atoms with Gasteiger partial charge in [-0.2, -0.15) is 15.0 Å². The Morgan fingerprint density at radius 2 is 0.875 bits per heavy atom. The summed E-state index contributed by atoms with van der Waals surface area (Å²) in [5.74, 6) is -3.68. The summed E-state index contributed by atoms with van der Waals surface area (Å²) >= 11 is 0. The van der Waals surface area contributed by atoms with Gasteiger partial charge >= 0.3 is 0 Å². The van der Waals surface area contributed by atoms with E-state index in [1.54, 1.807) is 20.8 Å². The van der Waals surface area contributed by atoms with Gasteiger partial charge in [-0.25, -0.2) is 14.4 Å². The maximum atomic E-state index is 13.5. The lowest BCUT2D eigenvalue weighted by molar-refractivity contribution is -0.171. The molecule has 0 spiro atoms. The van der Waals surface area contributed by atoms with Crippen LogP contribution in [0.3, 0.4) is 0 Å². The number of benzene rings is 3. The Morgan fingerprint density at radius 1 is 0.604 bits per heavy atom. The topological polar surface area (TPSA) is 236 Å². The molecule has 3 amide bonds. The molecule has 3 aromatic rings. The number of anilines is 3. The number of nitrogens with zero attached hydrogens (tertiary/aromatic N) is 3. The molecule has 3 atom stereocenters. The van der Waals surface area contributed by atoms with Crippen molar-refractivity contribution in [2.45, 2.75) is 52.4 Å². The lowest BCUT2D eigenvalue weighted by atomic mass is 9.68. The molecule has 15 heteroatoms. The van der Waals surface area contributed by atoms with E-state index in [0.717, 1.165) is 0 Å². The molecule has 3 unspecified atom stereocenters. The van der Waals surface area contributed by atoms with Crippen LogP contribution in [0.1, 0.15) is 30.0 Å². The Balaban J connectivity index is 2.06. The number of isocyanates is 3. The van der Waals surface area contributed by atoms with E-state index >= 15 is 0 Å². The summed E-state index contributed by atoms with van der Waals surface area (Å²) in [6.45, 7) is 6.27. The first kappa shape index (κ1) is 36.6. The number of amides is 3. The molecule has 0 aliphatic carbocycles. The van der Waals surface area contributed by atoms with Gasteiger partial charge in [0.2, 0.25) is 18.2 Å². The lowest BCUT2D eigenvalue weighted by Crippen LogP contribution is -2.63. The summed E-state index contributed by atoms with van der Waals surface area (Å²) in [5, 5.41) is 41.6. The van der Waals surface area contributed by atoms with E-state index in [4.69, 9.17) is 0 Å². The molecule has 15 nitrogen and oxygen atoms in total. The number of carbonyl (C=O) groups excluding carboxylic acids is 6. The van der Waals surface area contributed by atoms with Crippen LogP contribution in [0.5, 0.6) is 0 Å². The minimum absolute atomic E-state index is 0.0485. The van der Waals surface area contributed by atoms with Crippen LogP contribution in [0.25, 0.3) is 0 Å². The summed E-state index contributed by atoms with van der Waals surface area (Å²) in [6.07, 6.45) is -3.57. The minimum atomic E-state index is -2.59. The summed E-state index contributed by atoms with van der Waals surface area (Å²) in [4.78, 5) is 83.6. The zero-order valence-corrected chi connectivity index (χ0v) is 26.3. The molecule has 0 aliphatic rings. The fraction of sp³-hybridized carbons (Fsp3) is 0.273. The number of aliphatic hydroxyl groups excluding tert-OH is 3. The van der Waals surface area contributed by atoms with Gasteiger partial charge in [0.25, 0.3) is 17.7 Å². The average Bonchev–Trinajstić information content (AvgIpc) is 3.06. The number of hydrogen-bond donors (Lipinski definition) is 6. The highest BCUT2D eigenvalue weighted by atomic mass is 16.3. The lowest BCUT2D eigenvalue weighted by Gasteiger charge is -2.42. The van der Waals surface area contributed by atoms with Crippen LogP contribution in [0.4, 0.5) is 34.1 Å². The van der Waals surface area contributed by atoms with Crippen molar-refractivity contribution in [3.05, 3.63) is 71.3 Å². The number of carbonyl (C=O) groups is 3. The number of rotatable bonds is 13.